The van der Waals surface area contributed by atoms with Crippen LogP contribution in [-0.4, -0.2) is 17.2 Å². The first-order chi connectivity index (χ1) is 7.78. The maximum atomic E-state index is 5.58. The molecule has 0 saturated carbocycles. The smallest absolute Gasteiger partial charge is 0.205 e. The standard InChI is InChI=1S/C10H10IN3OS/c1-12-10-14-13-9(16-10)6-15-8-4-2-7(11)3-5-8/h2-5H,6H2,1H3,(H,12,14). The predicted octanol–water partition coefficient (Wildman–Crippen LogP) is 2.76. The monoisotopic (exact) mass is 347 g/mol. The predicted molar refractivity (Wildman–Crippen MR) is 72.9 cm³/mol. The van der Waals surface area contributed by atoms with Gasteiger partial charge in [-0.2, -0.15) is 0 Å². The van der Waals surface area contributed by atoms with E-state index in [4.69, 9.17) is 4.74 Å². The molecule has 2 rings (SSSR count). The van der Waals surface area contributed by atoms with Crippen LogP contribution in [0.4, 0.5) is 5.13 Å². The molecule has 1 N–H and O–H groups in total. The Labute approximate surface area is 111 Å². The molecule has 1 aromatic heterocycles. The van der Waals surface area contributed by atoms with Crippen LogP contribution in [0.5, 0.6) is 5.75 Å². The number of halogens is 1. The number of benzene rings is 1. The van der Waals surface area contributed by atoms with Crippen molar-refractivity contribution >= 4 is 39.1 Å². The maximum Gasteiger partial charge on any atom is 0.205 e. The van der Waals surface area contributed by atoms with E-state index in [1.54, 1.807) is 0 Å². The summed E-state index contributed by atoms with van der Waals surface area (Å²) < 4.78 is 6.77. The van der Waals surface area contributed by atoms with Crippen LogP contribution in [0.15, 0.2) is 24.3 Å². The van der Waals surface area contributed by atoms with E-state index in [0.29, 0.717) is 6.61 Å². The Balaban J connectivity index is 1.94. The Morgan fingerprint density at radius 2 is 2.06 bits per heavy atom. The molecule has 0 spiro atoms. The van der Waals surface area contributed by atoms with Crippen LogP contribution in [0.25, 0.3) is 0 Å². The summed E-state index contributed by atoms with van der Waals surface area (Å²) in [5, 5.41) is 12.5. The van der Waals surface area contributed by atoms with Crippen molar-refractivity contribution in [1.82, 2.24) is 10.2 Å². The lowest BCUT2D eigenvalue weighted by Crippen LogP contribution is -1.94. The Morgan fingerprint density at radius 1 is 1.31 bits per heavy atom. The number of nitrogens with one attached hydrogen (secondary N) is 1. The van der Waals surface area contributed by atoms with Gasteiger partial charge in [-0.05, 0) is 46.9 Å². The third-order valence-electron chi connectivity index (χ3n) is 1.86. The lowest BCUT2D eigenvalue weighted by molar-refractivity contribution is 0.304. The summed E-state index contributed by atoms with van der Waals surface area (Å²) in [7, 11) is 1.82. The van der Waals surface area contributed by atoms with E-state index in [2.05, 4.69) is 38.1 Å². The molecule has 0 fully saturated rings. The summed E-state index contributed by atoms with van der Waals surface area (Å²) in [4.78, 5) is 0. The number of hydrogen-bond donors (Lipinski definition) is 1. The van der Waals surface area contributed by atoms with Gasteiger partial charge in [-0.25, -0.2) is 0 Å². The zero-order chi connectivity index (χ0) is 11.4. The number of nitrogens with zero attached hydrogens (tertiary/aromatic N) is 2. The molecule has 0 atom stereocenters. The van der Waals surface area contributed by atoms with Gasteiger partial charge < -0.3 is 10.1 Å². The second-order valence-electron chi connectivity index (χ2n) is 2.99. The van der Waals surface area contributed by atoms with Crippen molar-refractivity contribution in [2.24, 2.45) is 0 Å². The van der Waals surface area contributed by atoms with Crippen LogP contribution in [0.3, 0.4) is 0 Å². The third kappa shape index (κ3) is 3.05. The van der Waals surface area contributed by atoms with Crippen LogP contribution in [0, 0.1) is 3.57 Å². The summed E-state index contributed by atoms with van der Waals surface area (Å²) in [6.07, 6.45) is 0. The molecule has 0 unspecified atom stereocenters. The molecule has 0 amide bonds. The van der Waals surface area contributed by atoms with E-state index in [-0.39, 0.29) is 0 Å². The molecule has 0 radical (unpaired) electrons. The van der Waals surface area contributed by atoms with Gasteiger partial charge in [0, 0.05) is 10.6 Å². The van der Waals surface area contributed by atoms with Crippen molar-refractivity contribution in [1.29, 1.82) is 0 Å². The Kier molecular flexibility index (Phi) is 3.94. The van der Waals surface area contributed by atoms with E-state index in [1.165, 1.54) is 14.9 Å². The number of ether oxygens (including phenoxy) is 1. The molecule has 1 aromatic carbocycles. The average Bonchev–Trinajstić information content (AvgIpc) is 2.76. The van der Waals surface area contributed by atoms with E-state index in [9.17, 15) is 0 Å². The van der Waals surface area contributed by atoms with E-state index < -0.39 is 0 Å². The highest BCUT2D eigenvalue weighted by Gasteiger charge is 2.03. The molecule has 2 aromatic rings. The summed E-state index contributed by atoms with van der Waals surface area (Å²) in [5.41, 5.74) is 0. The van der Waals surface area contributed by atoms with Gasteiger partial charge in [-0.3, -0.25) is 0 Å². The Bertz CT molecular complexity index is 457. The summed E-state index contributed by atoms with van der Waals surface area (Å²) in [5.74, 6) is 0.849. The minimum absolute atomic E-state index is 0.458. The van der Waals surface area contributed by atoms with Gasteiger partial charge in [0.1, 0.15) is 12.4 Å². The van der Waals surface area contributed by atoms with Crippen LogP contribution in [-0.2, 0) is 6.61 Å². The SMILES string of the molecule is CNc1nnc(COc2ccc(I)cc2)s1. The van der Waals surface area contributed by atoms with Crippen molar-refractivity contribution < 1.29 is 4.74 Å². The number of hydrogen-bond acceptors (Lipinski definition) is 5. The maximum absolute atomic E-state index is 5.58. The number of rotatable bonds is 4. The van der Waals surface area contributed by atoms with Gasteiger partial charge in [0.05, 0.1) is 0 Å². The molecule has 0 bridgehead atoms. The third-order valence-corrected chi connectivity index (χ3v) is 3.49. The van der Waals surface area contributed by atoms with E-state index in [1.807, 2.05) is 31.3 Å². The molecule has 84 valence electrons. The minimum atomic E-state index is 0.458. The van der Waals surface area contributed by atoms with Crippen LogP contribution >= 0.6 is 33.9 Å². The molecule has 1 heterocycles. The van der Waals surface area contributed by atoms with Gasteiger partial charge in [0.2, 0.25) is 5.13 Å². The topological polar surface area (TPSA) is 47.0 Å². The summed E-state index contributed by atoms with van der Waals surface area (Å²) in [6, 6.07) is 7.91. The molecule has 0 aliphatic heterocycles. The van der Waals surface area contributed by atoms with E-state index >= 15 is 0 Å². The first-order valence-corrected chi connectivity index (χ1v) is 6.56. The second kappa shape index (κ2) is 5.44. The van der Waals surface area contributed by atoms with Crippen LogP contribution in [0.1, 0.15) is 5.01 Å². The molecule has 0 saturated heterocycles. The van der Waals surface area contributed by atoms with Gasteiger partial charge in [0.15, 0.2) is 5.01 Å². The minimum Gasteiger partial charge on any atom is -0.486 e. The highest BCUT2D eigenvalue weighted by atomic mass is 127. The van der Waals surface area contributed by atoms with Gasteiger partial charge >= 0.3 is 0 Å². The molecule has 16 heavy (non-hydrogen) atoms. The van der Waals surface area contributed by atoms with Crippen molar-refractivity contribution in [3.05, 3.63) is 32.8 Å². The fraction of sp³-hybridized carbons (Fsp3) is 0.200. The molecular weight excluding hydrogens is 337 g/mol. The first kappa shape index (κ1) is 11.6. The molecule has 4 nitrogen and oxygen atoms in total. The Hall–Kier alpha value is -0.890. The molecule has 6 heteroatoms. The van der Waals surface area contributed by atoms with Gasteiger partial charge in [0.25, 0.3) is 0 Å². The Morgan fingerprint density at radius 3 is 2.69 bits per heavy atom. The molecule has 0 aliphatic carbocycles. The largest absolute Gasteiger partial charge is 0.486 e. The van der Waals surface area contributed by atoms with Crippen molar-refractivity contribution in [2.75, 3.05) is 12.4 Å². The fourth-order valence-corrected chi connectivity index (χ4v) is 2.05. The van der Waals surface area contributed by atoms with Gasteiger partial charge in [-0.1, -0.05) is 11.3 Å². The van der Waals surface area contributed by atoms with Crippen molar-refractivity contribution in [3.8, 4) is 5.75 Å². The lowest BCUT2D eigenvalue weighted by atomic mass is 10.3. The molecular formula is C10H10IN3OS. The van der Waals surface area contributed by atoms with Crippen LogP contribution in [0.2, 0.25) is 0 Å². The van der Waals surface area contributed by atoms with E-state index in [0.717, 1.165) is 15.9 Å². The van der Waals surface area contributed by atoms with Crippen molar-refractivity contribution in [2.45, 2.75) is 6.61 Å². The van der Waals surface area contributed by atoms with Gasteiger partial charge in [-0.15, -0.1) is 10.2 Å². The number of aromatic nitrogens is 2. The lowest BCUT2D eigenvalue weighted by Gasteiger charge is -2.02. The zero-order valence-corrected chi connectivity index (χ0v) is 11.6. The quantitative estimate of drug-likeness (QED) is 0.864. The number of anilines is 1. The first-order valence-electron chi connectivity index (χ1n) is 4.66. The normalized spacial score (nSPS) is 10.1. The summed E-state index contributed by atoms with van der Waals surface area (Å²) >= 11 is 3.76. The summed E-state index contributed by atoms with van der Waals surface area (Å²) in [6.45, 7) is 0.458. The zero-order valence-electron chi connectivity index (χ0n) is 8.61. The highest BCUT2D eigenvalue weighted by Crippen LogP contribution is 2.18. The fourth-order valence-electron chi connectivity index (χ4n) is 1.09. The van der Waals surface area contributed by atoms with Crippen molar-refractivity contribution in [3.63, 3.8) is 0 Å². The van der Waals surface area contributed by atoms with Crippen LogP contribution < -0.4 is 10.1 Å². The average molecular weight is 347 g/mol. The second-order valence-corrected chi connectivity index (χ2v) is 5.30. The highest BCUT2D eigenvalue weighted by molar-refractivity contribution is 14.1. The molecule has 0 aliphatic rings.